The number of ether oxygens (including phenoxy) is 2. The smallest absolute Gasteiger partial charge is 0.124 e. The Morgan fingerprint density at radius 2 is 2.21 bits per heavy atom. The first kappa shape index (κ1) is 14.4. The van der Waals surface area contributed by atoms with Gasteiger partial charge in [0.05, 0.1) is 11.7 Å². The molecule has 106 valence electrons. The molecule has 1 fully saturated rings. The van der Waals surface area contributed by atoms with Crippen LogP contribution in [0.5, 0.6) is 5.75 Å². The highest BCUT2D eigenvalue weighted by Gasteiger charge is 2.32. The van der Waals surface area contributed by atoms with Gasteiger partial charge < -0.3 is 15.2 Å². The van der Waals surface area contributed by atoms with Crippen molar-refractivity contribution in [2.45, 2.75) is 58.3 Å². The second-order valence-electron chi connectivity index (χ2n) is 6.18. The average molecular weight is 263 g/mol. The monoisotopic (exact) mass is 263 g/mol. The second kappa shape index (κ2) is 5.51. The molecule has 0 bridgehead atoms. The van der Waals surface area contributed by atoms with Gasteiger partial charge in [0, 0.05) is 11.6 Å². The summed E-state index contributed by atoms with van der Waals surface area (Å²) in [6.45, 7) is 8.91. The van der Waals surface area contributed by atoms with Gasteiger partial charge in [-0.15, -0.1) is 0 Å². The zero-order valence-electron chi connectivity index (χ0n) is 12.4. The summed E-state index contributed by atoms with van der Waals surface area (Å²) >= 11 is 0. The Morgan fingerprint density at radius 1 is 1.47 bits per heavy atom. The third-order valence-electron chi connectivity index (χ3n) is 3.64. The van der Waals surface area contributed by atoms with Crippen LogP contribution in [0.3, 0.4) is 0 Å². The van der Waals surface area contributed by atoms with Crippen LogP contribution in [-0.4, -0.2) is 18.3 Å². The summed E-state index contributed by atoms with van der Waals surface area (Å²) in [5.41, 5.74) is 8.22. The Morgan fingerprint density at radius 3 is 2.79 bits per heavy atom. The van der Waals surface area contributed by atoms with Gasteiger partial charge in [0.1, 0.15) is 12.4 Å². The fourth-order valence-corrected chi connectivity index (χ4v) is 2.52. The molecule has 1 heterocycles. The molecule has 1 aromatic rings. The zero-order chi connectivity index (χ0) is 14.0. The maximum atomic E-state index is 5.98. The highest BCUT2D eigenvalue weighted by atomic mass is 16.6. The van der Waals surface area contributed by atoms with Gasteiger partial charge in [-0.05, 0) is 52.2 Å². The van der Waals surface area contributed by atoms with E-state index in [2.05, 4.69) is 39.0 Å². The molecule has 0 saturated carbocycles. The molecule has 2 rings (SSSR count). The summed E-state index contributed by atoms with van der Waals surface area (Å²) in [5, 5.41) is 0. The van der Waals surface area contributed by atoms with Gasteiger partial charge in [-0.25, -0.2) is 0 Å². The molecule has 3 nitrogen and oxygen atoms in total. The van der Waals surface area contributed by atoms with Crippen LogP contribution >= 0.6 is 0 Å². The van der Waals surface area contributed by atoms with Crippen LogP contribution in [0, 0.1) is 6.92 Å². The molecule has 0 radical (unpaired) electrons. The molecule has 1 saturated heterocycles. The molecule has 0 aliphatic carbocycles. The van der Waals surface area contributed by atoms with E-state index in [9.17, 15) is 0 Å². The van der Waals surface area contributed by atoms with Gasteiger partial charge in [0.15, 0.2) is 0 Å². The summed E-state index contributed by atoms with van der Waals surface area (Å²) in [4.78, 5) is 0. The summed E-state index contributed by atoms with van der Waals surface area (Å²) in [7, 11) is 0. The molecule has 0 aromatic heterocycles. The lowest BCUT2D eigenvalue weighted by Gasteiger charge is -2.20. The molecule has 19 heavy (non-hydrogen) atoms. The topological polar surface area (TPSA) is 44.5 Å². The van der Waals surface area contributed by atoms with Gasteiger partial charge in [-0.3, -0.25) is 0 Å². The molecule has 1 aliphatic rings. The van der Waals surface area contributed by atoms with Crippen molar-refractivity contribution in [2.75, 3.05) is 6.61 Å². The lowest BCUT2D eigenvalue weighted by Crippen LogP contribution is -2.24. The van der Waals surface area contributed by atoms with Crippen LogP contribution in [0.2, 0.25) is 0 Å². The highest BCUT2D eigenvalue weighted by molar-refractivity contribution is 5.38. The molecule has 0 amide bonds. The predicted octanol–water partition coefficient (Wildman–Crippen LogP) is 3.35. The minimum absolute atomic E-state index is 0.00931. The Bertz CT molecular complexity index is 440. The molecular formula is C16H25NO2. The van der Waals surface area contributed by atoms with Crippen LogP contribution in [0.4, 0.5) is 0 Å². The van der Waals surface area contributed by atoms with Crippen LogP contribution in [-0.2, 0) is 4.74 Å². The highest BCUT2D eigenvalue weighted by Crippen LogP contribution is 2.31. The van der Waals surface area contributed by atoms with E-state index in [4.69, 9.17) is 15.2 Å². The molecule has 1 aromatic carbocycles. The van der Waals surface area contributed by atoms with E-state index in [0.29, 0.717) is 6.61 Å². The number of hydrogen-bond donors (Lipinski definition) is 1. The summed E-state index contributed by atoms with van der Waals surface area (Å²) in [6, 6.07) is 6.16. The third kappa shape index (κ3) is 3.71. The first-order chi connectivity index (χ1) is 8.87. The first-order valence-corrected chi connectivity index (χ1v) is 7.04. The summed E-state index contributed by atoms with van der Waals surface area (Å²) in [6.07, 6.45) is 2.35. The van der Waals surface area contributed by atoms with E-state index in [0.717, 1.165) is 24.2 Å². The minimum Gasteiger partial charge on any atom is -0.491 e. The van der Waals surface area contributed by atoms with Gasteiger partial charge >= 0.3 is 0 Å². The van der Waals surface area contributed by atoms with Gasteiger partial charge in [-0.2, -0.15) is 0 Å². The zero-order valence-corrected chi connectivity index (χ0v) is 12.4. The third-order valence-corrected chi connectivity index (χ3v) is 3.64. The van der Waals surface area contributed by atoms with Crippen molar-refractivity contribution in [1.29, 1.82) is 0 Å². The van der Waals surface area contributed by atoms with E-state index in [1.807, 2.05) is 6.92 Å². The van der Waals surface area contributed by atoms with Crippen molar-refractivity contribution >= 4 is 0 Å². The second-order valence-corrected chi connectivity index (χ2v) is 6.18. The average Bonchev–Trinajstić information content (AvgIpc) is 2.66. The maximum Gasteiger partial charge on any atom is 0.124 e. The van der Waals surface area contributed by atoms with Crippen molar-refractivity contribution in [1.82, 2.24) is 0 Å². The quantitative estimate of drug-likeness (QED) is 0.906. The number of benzene rings is 1. The largest absolute Gasteiger partial charge is 0.491 e. The molecule has 3 heteroatoms. The SMILES string of the molecule is Cc1ccc([C@@H](C)N)c(OCC2CCC(C)(C)O2)c1. The summed E-state index contributed by atoms with van der Waals surface area (Å²) in [5.74, 6) is 0.892. The van der Waals surface area contributed by atoms with E-state index in [1.54, 1.807) is 0 Å². The van der Waals surface area contributed by atoms with Crippen LogP contribution in [0.1, 0.15) is 50.8 Å². The Kier molecular flexibility index (Phi) is 4.16. The fourth-order valence-electron chi connectivity index (χ4n) is 2.52. The predicted molar refractivity (Wildman–Crippen MR) is 77.5 cm³/mol. The van der Waals surface area contributed by atoms with E-state index < -0.39 is 0 Å². The molecule has 2 atom stereocenters. The van der Waals surface area contributed by atoms with E-state index >= 15 is 0 Å². The number of nitrogens with two attached hydrogens (primary N) is 1. The van der Waals surface area contributed by atoms with Crippen LogP contribution in [0.15, 0.2) is 18.2 Å². The van der Waals surface area contributed by atoms with Gasteiger partial charge in [0.2, 0.25) is 0 Å². The minimum atomic E-state index is -0.0171. The Balaban J connectivity index is 2.01. The van der Waals surface area contributed by atoms with Crippen LogP contribution in [0.25, 0.3) is 0 Å². The number of rotatable bonds is 4. The van der Waals surface area contributed by atoms with Crippen molar-refractivity contribution in [3.8, 4) is 5.75 Å². The molecule has 1 aliphatic heterocycles. The number of hydrogen-bond acceptors (Lipinski definition) is 3. The Labute approximate surface area is 116 Å². The van der Waals surface area contributed by atoms with Crippen molar-refractivity contribution in [3.05, 3.63) is 29.3 Å². The van der Waals surface area contributed by atoms with Crippen LogP contribution < -0.4 is 10.5 Å². The number of aryl methyl sites for hydroxylation is 1. The van der Waals surface area contributed by atoms with Gasteiger partial charge in [0.25, 0.3) is 0 Å². The fraction of sp³-hybridized carbons (Fsp3) is 0.625. The molecule has 1 unspecified atom stereocenters. The Hall–Kier alpha value is -1.06. The summed E-state index contributed by atoms with van der Waals surface area (Å²) < 4.78 is 11.9. The molecule has 0 spiro atoms. The van der Waals surface area contributed by atoms with Crippen molar-refractivity contribution in [2.24, 2.45) is 5.73 Å². The molecule has 2 N–H and O–H groups in total. The maximum absolute atomic E-state index is 5.98. The normalized spacial score (nSPS) is 23.3. The van der Waals surface area contributed by atoms with E-state index in [1.165, 1.54) is 5.56 Å². The standard InChI is InChI=1S/C16H25NO2/c1-11-5-6-14(12(2)17)15(9-11)18-10-13-7-8-16(3,4)19-13/h5-6,9,12-13H,7-8,10,17H2,1-4H3/t12-,13?/m1/s1. The van der Waals surface area contributed by atoms with E-state index in [-0.39, 0.29) is 17.7 Å². The lowest BCUT2D eigenvalue weighted by atomic mass is 10.1. The van der Waals surface area contributed by atoms with Crippen molar-refractivity contribution in [3.63, 3.8) is 0 Å². The van der Waals surface area contributed by atoms with Crippen molar-refractivity contribution < 1.29 is 9.47 Å². The first-order valence-electron chi connectivity index (χ1n) is 7.04. The lowest BCUT2D eigenvalue weighted by molar-refractivity contribution is -0.0328. The molecular weight excluding hydrogens is 238 g/mol. The van der Waals surface area contributed by atoms with Gasteiger partial charge in [-0.1, -0.05) is 12.1 Å².